The summed E-state index contributed by atoms with van der Waals surface area (Å²) in [5.41, 5.74) is -0.0291. The third kappa shape index (κ3) is 6.54. The van der Waals surface area contributed by atoms with E-state index in [-0.39, 0.29) is 11.9 Å². The highest BCUT2D eigenvalue weighted by atomic mass is 28.2. The largest absolute Gasteiger partial charge is 0.423 e. The minimum atomic E-state index is -0.0684. The molecule has 0 bridgehead atoms. The van der Waals surface area contributed by atoms with Crippen molar-refractivity contribution < 1.29 is 13.9 Å². The number of hydrogen-bond acceptors (Lipinski definition) is 3. The maximum Gasteiger partial charge on any atom is 0.157 e. The fourth-order valence-corrected chi connectivity index (χ4v) is 1.36. The standard InChI is InChI=1S/C10H24O3Si/c1-5-11-9(12-6-2)7-8-10(3,4)13-14/h9H,5-8H2,1-4,14H3. The summed E-state index contributed by atoms with van der Waals surface area (Å²) in [6.45, 7) is 9.59. The van der Waals surface area contributed by atoms with Crippen LogP contribution in [0.4, 0.5) is 0 Å². The van der Waals surface area contributed by atoms with Gasteiger partial charge in [-0.05, 0) is 34.1 Å². The van der Waals surface area contributed by atoms with Crippen LogP contribution in [0.3, 0.4) is 0 Å². The fraction of sp³-hybridized carbons (Fsp3) is 1.00. The number of ether oxygens (including phenoxy) is 2. The van der Waals surface area contributed by atoms with E-state index in [0.29, 0.717) is 13.2 Å². The van der Waals surface area contributed by atoms with E-state index in [9.17, 15) is 0 Å². The maximum absolute atomic E-state index is 5.47. The van der Waals surface area contributed by atoms with E-state index in [4.69, 9.17) is 13.9 Å². The molecular weight excluding hydrogens is 196 g/mol. The molecule has 0 atom stereocenters. The molecule has 0 N–H and O–H groups in total. The van der Waals surface area contributed by atoms with Gasteiger partial charge < -0.3 is 13.9 Å². The summed E-state index contributed by atoms with van der Waals surface area (Å²) in [5, 5.41) is 0. The first-order valence-corrected chi connectivity index (χ1v) is 6.15. The third-order valence-electron chi connectivity index (χ3n) is 2.24. The van der Waals surface area contributed by atoms with E-state index in [1.54, 1.807) is 0 Å². The van der Waals surface area contributed by atoms with Crippen LogP contribution in [-0.4, -0.2) is 35.6 Å². The summed E-state index contributed by atoms with van der Waals surface area (Å²) < 4.78 is 16.4. The molecule has 14 heavy (non-hydrogen) atoms. The number of hydrogen-bond donors (Lipinski definition) is 0. The maximum atomic E-state index is 5.47. The van der Waals surface area contributed by atoms with Crippen LogP contribution in [0.25, 0.3) is 0 Å². The van der Waals surface area contributed by atoms with Gasteiger partial charge in [-0.1, -0.05) is 0 Å². The van der Waals surface area contributed by atoms with Gasteiger partial charge in [-0.25, -0.2) is 0 Å². The van der Waals surface area contributed by atoms with Crippen LogP contribution in [0, 0.1) is 0 Å². The van der Waals surface area contributed by atoms with E-state index >= 15 is 0 Å². The first kappa shape index (κ1) is 14.1. The van der Waals surface area contributed by atoms with E-state index in [1.165, 1.54) is 0 Å². The Kier molecular flexibility index (Phi) is 7.45. The van der Waals surface area contributed by atoms with Crippen molar-refractivity contribution in [1.82, 2.24) is 0 Å². The highest BCUT2D eigenvalue weighted by Gasteiger charge is 2.18. The van der Waals surface area contributed by atoms with Gasteiger partial charge in [-0.15, -0.1) is 0 Å². The summed E-state index contributed by atoms with van der Waals surface area (Å²) in [6.07, 6.45) is 1.80. The highest BCUT2D eigenvalue weighted by molar-refractivity contribution is 5.98. The molecule has 0 saturated heterocycles. The molecule has 0 rings (SSSR count). The van der Waals surface area contributed by atoms with Crippen LogP contribution in [0.2, 0.25) is 0 Å². The van der Waals surface area contributed by atoms with Crippen LogP contribution >= 0.6 is 0 Å². The first-order chi connectivity index (χ1) is 6.55. The van der Waals surface area contributed by atoms with Crippen LogP contribution in [0.15, 0.2) is 0 Å². The Bertz CT molecular complexity index is 133. The normalized spacial score (nSPS) is 12.6. The molecule has 0 aromatic heterocycles. The lowest BCUT2D eigenvalue weighted by Gasteiger charge is -2.26. The van der Waals surface area contributed by atoms with Gasteiger partial charge >= 0.3 is 0 Å². The lowest BCUT2D eigenvalue weighted by Crippen LogP contribution is -2.27. The SMILES string of the molecule is CCOC(CCC(C)(C)O[SiH3])OCC. The summed E-state index contributed by atoms with van der Waals surface area (Å²) in [7, 11) is 0.781. The van der Waals surface area contributed by atoms with Crippen molar-refractivity contribution in [2.24, 2.45) is 0 Å². The second-order valence-electron chi connectivity index (χ2n) is 3.84. The van der Waals surface area contributed by atoms with E-state index < -0.39 is 0 Å². The van der Waals surface area contributed by atoms with Gasteiger partial charge in [0.05, 0.1) is 0 Å². The van der Waals surface area contributed by atoms with E-state index in [0.717, 1.165) is 23.3 Å². The molecule has 0 heterocycles. The minimum Gasteiger partial charge on any atom is -0.423 e. The molecule has 0 amide bonds. The summed E-state index contributed by atoms with van der Waals surface area (Å²) in [5.74, 6) is 0. The topological polar surface area (TPSA) is 27.7 Å². The predicted molar refractivity (Wildman–Crippen MR) is 61.4 cm³/mol. The monoisotopic (exact) mass is 220 g/mol. The molecule has 86 valence electrons. The Morgan fingerprint density at radius 3 is 2.00 bits per heavy atom. The van der Waals surface area contributed by atoms with Crippen LogP contribution < -0.4 is 0 Å². The van der Waals surface area contributed by atoms with Gasteiger partial charge in [0.2, 0.25) is 0 Å². The lowest BCUT2D eigenvalue weighted by atomic mass is 10.0. The van der Waals surface area contributed by atoms with Crippen LogP contribution in [-0.2, 0) is 13.9 Å². The second-order valence-corrected chi connectivity index (χ2v) is 4.25. The molecule has 0 aliphatic carbocycles. The first-order valence-electron chi connectivity index (χ1n) is 5.34. The Hall–Kier alpha value is 0.0969. The molecule has 0 unspecified atom stereocenters. The molecule has 3 nitrogen and oxygen atoms in total. The molecule has 0 radical (unpaired) electrons. The summed E-state index contributed by atoms with van der Waals surface area (Å²) in [6, 6.07) is 0. The Morgan fingerprint density at radius 1 is 1.14 bits per heavy atom. The summed E-state index contributed by atoms with van der Waals surface area (Å²) in [4.78, 5) is 0. The van der Waals surface area contributed by atoms with Crippen molar-refractivity contribution in [1.29, 1.82) is 0 Å². The average Bonchev–Trinajstić information content (AvgIpc) is 2.15. The average molecular weight is 220 g/mol. The molecule has 0 aromatic carbocycles. The minimum absolute atomic E-state index is 0.0291. The Balaban J connectivity index is 3.80. The van der Waals surface area contributed by atoms with Crippen molar-refractivity contribution >= 4 is 10.5 Å². The van der Waals surface area contributed by atoms with Crippen molar-refractivity contribution in [2.75, 3.05) is 13.2 Å². The van der Waals surface area contributed by atoms with Gasteiger partial charge in [0.25, 0.3) is 0 Å². The zero-order valence-electron chi connectivity index (χ0n) is 10.1. The molecule has 0 saturated carbocycles. The molecule has 0 aliphatic heterocycles. The van der Waals surface area contributed by atoms with Crippen molar-refractivity contribution in [2.45, 2.75) is 52.4 Å². The third-order valence-corrected chi connectivity index (χ3v) is 3.34. The van der Waals surface area contributed by atoms with E-state index in [2.05, 4.69) is 13.8 Å². The van der Waals surface area contributed by atoms with Crippen LogP contribution in [0.5, 0.6) is 0 Å². The fourth-order valence-electron chi connectivity index (χ4n) is 1.15. The van der Waals surface area contributed by atoms with Gasteiger partial charge in [0.1, 0.15) is 10.5 Å². The van der Waals surface area contributed by atoms with Gasteiger partial charge in [-0.2, -0.15) is 0 Å². The molecular formula is C10H24O3Si. The van der Waals surface area contributed by atoms with Gasteiger partial charge in [0, 0.05) is 25.2 Å². The van der Waals surface area contributed by atoms with Crippen molar-refractivity contribution in [3.8, 4) is 0 Å². The number of rotatable bonds is 8. The second kappa shape index (κ2) is 7.40. The Labute approximate surface area is 90.7 Å². The Morgan fingerprint density at radius 2 is 1.64 bits per heavy atom. The smallest absolute Gasteiger partial charge is 0.157 e. The zero-order chi connectivity index (χ0) is 11.0. The van der Waals surface area contributed by atoms with E-state index in [1.807, 2.05) is 13.8 Å². The van der Waals surface area contributed by atoms with Gasteiger partial charge in [0.15, 0.2) is 6.29 Å². The summed E-state index contributed by atoms with van der Waals surface area (Å²) >= 11 is 0. The highest BCUT2D eigenvalue weighted by Crippen LogP contribution is 2.18. The molecule has 4 heteroatoms. The van der Waals surface area contributed by atoms with Crippen molar-refractivity contribution in [3.05, 3.63) is 0 Å². The lowest BCUT2D eigenvalue weighted by molar-refractivity contribution is -0.144. The molecule has 0 fully saturated rings. The predicted octanol–water partition coefficient (Wildman–Crippen LogP) is 1.24. The molecule has 0 aromatic rings. The molecule has 0 spiro atoms. The quantitative estimate of drug-likeness (QED) is 0.455. The van der Waals surface area contributed by atoms with Crippen LogP contribution in [0.1, 0.15) is 40.5 Å². The van der Waals surface area contributed by atoms with Gasteiger partial charge in [-0.3, -0.25) is 0 Å². The molecule has 0 aliphatic rings. The van der Waals surface area contributed by atoms with Crippen molar-refractivity contribution in [3.63, 3.8) is 0 Å². The zero-order valence-corrected chi connectivity index (χ0v) is 12.1.